The topological polar surface area (TPSA) is 93.4 Å². The largest absolute Gasteiger partial charge is 0.480 e. The van der Waals surface area contributed by atoms with Crippen molar-refractivity contribution >= 4 is 29.3 Å². The van der Waals surface area contributed by atoms with Crippen LogP contribution in [0.3, 0.4) is 0 Å². The number of nitrogens with one attached hydrogen (secondary N) is 1. The van der Waals surface area contributed by atoms with Gasteiger partial charge in [-0.1, -0.05) is 18.2 Å². The van der Waals surface area contributed by atoms with E-state index in [0.29, 0.717) is 24.7 Å². The van der Waals surface area contributed by atoms with Crippen molar-refractivity contribution in [3.8, 4) is 11.4 Å². The minimum Gasteiger partial charge on any atom is -0.480 e. The van der Waals surface area contributed by atoms with Gasteiger partial charge in [0.1, 0.15) is 16.3 Å². The third-order valence-corrected chi connectivity index (χ3v) is 7.24. The molecule has 3 aromatic rings. The van der Waals surface area contributed by atoms with Crippen LogP contribution < -0.4 is 5.32 Å². The Labute approximate surface area is 210 Å². The molecular weight excluding hydrogens is 462 g/mol. The SMILES string of the molecule is COCCn1c(-c2ccc(SC(C)(C)C(=O)O)cc2)nc(C(=O)Nc2cc(C)c(C)cc2C)c1C. The van der Waals surface area contributed by atoms with E-state index in [1.807, 2.05) is 62.6 Å². The lowest BCUT2D eigenvalue weighted by Crippen LogP contribution is -2.26. The zero-order valence-corrected chi connectivity index (χ0v) is 22.2. The van der Waals surface area contributed by atoms with Gasteiger partial charge in [-0.15, -0.1) is 11.8 Å². The van der Waals surface area contributed by atoms with Gasteiger partial charge in [-0.25, -0.2) is 4.98 Å². The second-order valence-corrected chi connectivity index (χ2v) is 10.9. The van der Waals surface area contributed by atoms with Crippen molar-refractivity contribution < 1.29 is 19.4 Å². The van der Waals surface area contributed by atoms with Crippen molar-refractivity contribution in [2.45, 2.75) is 57.7 Å². The number of aliphatic carboxylic acids is 1. The van der Waals surface area contributed by atoms with E-state index < -0.39 is 10.7 Å². The van der Waals surface area contributed by atoms with Gasteiger partial charge in [0.2, 0.25) is 0 Å². The van der Waals surface area contributed by atoms with E-state index in [-0.39, 0.29) is 5.91 Å². The first-order valence-corrected chi connectivity index (χ1v) is 12.2. The van der Waals surface area contributed by atoms with E-state index in [9.17, 15) is 14.7 Å². The van der Waals surface area contributed by atoms with Crippen LogP contribution in [0.2, 0.25) is 0 Å². The second-order valence-electron chi connectivity index (χ2n) is 9.16. The van der Waals surface area contributed by atoms with Crippen molar-refractivity contribution in [1.29, 1.82) is 0 Å². The highest BCUT2D eigenvalue weighted by Gasteiger charge is 2.28. The zero-order valence-electron chi connectivity index (χ0n) is 21.4. The molecule has 0 saturated heterocycles. The Hall–Kier alpha value is -3.10. The molecule has 0 saturated carbocycles. The number of aryl methyl sites for hydroxylation is 3. The number of aromatic nitrogens is 2. The average molecular weight is 496 g/mol. The molecule has 0 spiro atoms. The fourth-order valence-electron chi connectivity index (χ4n) is 3.71. The summed E-state index contributed by atoms with van der Waals surface area (Å²) >= 11 is 1.28. The van der Waals surface area contributed by atoms with Crippen LogP contribution in [-0.4, -0.2) is 45.0 Å². The van der Waals surface area contributed by atoms with E-state index in [4.69, 9.17) is 9.72 Å². The molecule has 3 rings (SSSR count). The smallest absolute Gasteiger partial charge is 0.319 e. The van der Waals surface area contributed by atoms with Crippen molar-refractivity contribution in [3.05, 3.63) is 64.5 Å². The first kappa shape index (κ1) is 26.5. The Morgan fingerprint density at radius 3 is 2.29 bits per heavy atom. The van der Waals surface area contributed by atoms with Gasteiger partial charge >= 0.3 is 5.97 Å². The van der Waals surface area contributed by atoms with Crippen LogP contribution >= 0.6 is 11.8 Å². The number of rotatable bonds is 9. The molecule has 35 heavy (non-hydrogen) atoms. The molecule has 0 aliphatic heterocycles. The Kier molecular flexibility index (Phi) is 8.07. The number of anilines is 1. The number of methoxy groups -OCH3 is 1. The van der Waals surface area contributed by atoms with Gasteiger partial charge in [-0.3, -0.25) is 9.59 Å². The van der Waals surface area contributed by atoms with Gasteiger partial charge < -0.3 is 19.7 Å². The van der Waals surface area contributed by atoms with Crippen molar-refractivity contribution in [2.24, 2.45) is 0 Å². The highest BCUT2D eigenvalue weighted by atomic mass is 32.2. The number of carbonyl (C=O) groups excluding carboxylic acids is 1. The predicted octanol–water partition coefficient (Wildman–Crippen LogP) is 5.64. The number of nitrogens with zero attached hydrogens (tertiary/aromatic N) is 2. The van der Waals surface area contributed by atoms with Crippen LogP contribution in [0.5, 0.6) is 0 Å². The number of amides is 1. The van der Waals surface area contributed by atoms with Crippen molar-refractivity contribution in [3.63, 3.8) is 0 Å². The van der Waals surface area contributed by atoms with Crippen LogP contribution in [0, 0.1) is 27.7 Å². The monoisotopic (exact) mass is 495 g/mol. The van der Waals surface area contributed by atoms with E-state index >= 15 is 0 Å². The van der Waals surface area contributed by atoms with Gasteiger partial charge in [-0.05, 0) is 76.4 Å². The van der Waals surface area contributed by atoms with Crippen LogP contribution in [0.25, 0.3) is 11.4 Å². The average Bonchev–Trinajstić information content (AvgIpc) is 3.12. The molecule has 2 aromatic carbocycles. The van der Waals surface area contributed by atoms with Crippen LogP contribution in [0.15, 0.2) is 41.3 Å². The summed E-state index contributed by atoms with van der Waals surface area (Å²) in [6.45, 7) is 12.3. The van der Waals surface area contributed by atoms with Crippen molar-refractivity contribution in [1.82, 2.24) is 9.55 Å². The van der Waals surface area contributed by atoms with Crippen LogP contribution in [0.4, 0.5) is 5.69 Å². The minimum absolute atomic E-state index is 0.262. The summed E-state index contributed by atoms with van der Waals surface area (Å²) in [5.41, 5.74) is 6.00. The maximum absolute atomic E-state index is 13.3. The number of hydrogen-bond donors (Lipinski definition) is 2. The molecule has 1 aromatic heterocycles. The summed E-state index contributed by atoms with van der Waals surface area (Å²) < 4.78 is 6.33. The van der Waals surface area contributed by atoms with Gasteiger partial charge in [0, 0.05) is 35.5 Å². The maximum Gasteiger partial charge on any atom is 0.319 e. The summed E-state index contributed by atoms with van der Waals surface area (Å²) in [6, 6.07) is 11.6. The Morgan fingerprint density at radius 1 is 1.06 bits per heavy atom. The van der Waals surface area contributed by atoms with Gasteiger partial charge in [-0.2, -0.15) is 0 Å². The predicted molar refractivity (Wildman–Crippen MR) is 140 cm³/mol. The molecule has 0 unspecified atom stereocenters. The molecule has 186 valence electrons. The summed E-state index contributed by atoms with van der Waals surface area (Å²) in [5.74, 6) is -0.468. The lowest BCUT2D eigenvalue weighted by Gasteiger charge is -2.18. The Balaban J connectivity index is 1.95. The molecule has 0 aliphatic carbocycles. The number of carbonyl (C=O) groups is 2. The standard InChI is InChI=1S/C27H33N3O4S/c1-16-14-18(3)22(15-17(16)2)28-25(31)23-19(4)30(12-13-34-7)24(29-23)20-8-10-21(11-9-20)35-27(5,6)26(32)33/h8-11,14-15H,12-13H2,1-7H3,(H,28,31)(H,32,33). The second kappa shape index (κ2) is 10.7. The minimum atomic E-state index is -0.938. The highest BCUT2D eigenvalue weighted by molar-refractivity contribution is 8.01. The van der Waals surface area contributed by atoms with Gasteiger partial charge in [0.15, 0.2) is 0 Å². The van der Waals surface area contributed by atoms with E-state index in [1.165, 1.54) is 17.3 Å². The fourth-order valence-corrected chi connectivity index (χ4v) is 4.66. The summed E-state index contributed by atoms with van der Waals surface area (Å²) in [7, 11) is 1.64. The molecule has 0 bridgehead atoms. The number of carboxylic acid groups (broad SMARTS) is 1. The number of ether oxygens (including phenoxy) is 1. The third-order valence-electron chi connectivity index (χ3n) is 6.04. The molecule has 8 heteroatoms. The van der Waals surface area contributed by atoms with Crippen LogP contribution in [-0.2, 0) is 16.1 Å². The third kappa shape index (κ3) is 5.94. The quantitative estimate of drug-likeness (QED) is 0.373. The molecule has 7 nitrogen and oxygen atoms in total. The fraction of sp³-hybridized carbons (Fsp3) is 0.370. The molecule has 0 atom stereocenters. The number of benzene rings is 2. The van der Waals surface area contributed by atoms with E-state index in [2.05, 4.69) is 11.4 Å². The Morgan fingerprint density at radius 2 is 1.69 bits per heavy atom. The lowest BCUT2D eigenvalue weighted by molar-refractivity contribution is -0.138. The first-order valence-electron chi connectivity index (χ1n) is 11.4. The molecule has 0 fully saturated rings. The van der Waals surface area contributed by atoms with E-state index in [0.717, 1.165) is 33.0 Å². The summed E-state index contributed by atoms with van der Waals surface area (Å²) in [4.78, 5) is 30.3. The maximum atomic E-state index is 13.3. The highest BCUT2D eigenvalue weighted by Crippen LogP contribution is 2.34. The number of carboxylic acids is 1. The first-order chi connectivity index (χ1) is 16.4. The molecule has 0 aliphatic rings. The molecule has 1 heterocycles. The number of imidazole rings is 1. The van der Waals surface area contributed by atoms with Crippen molar-refractivity contribution in [2.75, 3.05) is 19.0 Å². The zero-order chi connectivity index (χ0) is 25.9. The molecule has 0 radical (unpaired) electrons. The van der Waals surface area contributed by atoms with Gasteiger partial charge in [0.25, 0.3) is 5.91 Å². The van der Waals surface area contributed by atoms with E-state index in [1.54, 1.807) is 21.0 Å². The van der Waals surface area contributed by atoms with Gasteiger partial charge in [0.05, 0.1) is 6.61 Å². The summed E-state index contributed by atoms with van der Waals surface area (Å²) in [5, 5.41) is 12.4. The normalized spacial score (nSPS) is 11.5. The molecule has 2 N–H and O–H groups in total. The number of thioether (sulfide) groups is 1. The Bertz CT molecular complexity index is 1250. The summed E-state index contributed by atoms with van der Waals surface area (Å²) in [6.07, 6.45) is 0. The van der Waals surface area contributed by atoms with Crippen LogP contribution in [0.1, 0.15) is 46.7 Å². The number of hydrogen-bond acceptors (Lipinski definition) is 5. The lowest BCUT2D eigenvalue weighted by atomic mass is 10.0. The molecule has 1 amide bonds. The molecular formula is C27H33N3O4S.